The van der Waals surface area contributed by atoms with Crippen LogP contribution in [0.15, 0.2) is 0 Å². The fourth-order valence-corrected chi connectivity index (χ4v) is 3.07. The lowest BCUT2D eigenvalue weighted by Crippen LogP contribution is -2.08. The highest BCUT2D eigenvalue weighted by Crippen LogP contribution is 2.20. The molecule has 0 spiro atoms. The first-order valence-corrected chi connectivity index (χ1v) is 8.55. The summed E-state index contributed by atoms with van der Waals surface area (Å²) in [6.45, 7) is 3.01. The van der Waals surface area contributed by atoms with Gasteiger partial charge in [0.05, 0.1) is 5.69 Å². The van der Waals surface area contributed by atoms with Gasteiger partial charge < -0.3 is 4.57 Å². The van der Waals surface area contributed by atoms with Crippen LogP contribution in [0.25, 0.3) is 11.2 Å². The maximum absolute atomic E-state index is 5.89. The molecule has 2 heterocycles. The van der Waals surface area contributed by atoms with Crippen molar-refractivity contribution in [2.24, 2.45) is 7.05 Å². The number of alkyl halides is 1. The number of fused-ring (bicyclic) bond motifs is 1. The van der Waals surface area contributed by atoms with E-state index in [1.165, 1.54) is 18.6 Å². The summed E-state index contributed by atoms with van der Waals surface area (Å²) in [5.41, 5.74) is 3.14. The van der Waals surface area contributed by atoms with Crippen molar-refractivity contribution in [1.82, 2.24) is 19.3 Å². The van der Waals surface area contributed by atoms with Crippen LogP contribution in [0, 0.1) is 6.92 Å². The molecule has 0 aliphatic rings. The summed E-state index contributed by atoms with van der Waals surface area (Å²) >= 11 is 7.79. The van der Waals surface area contributed by atoms with Gasteiger partial charge in [-0.3, -0.25) is 4.68 Å². The predicted octanol–water partition coefficient (Wildman–Crippen LogP) is 3.00. The van der Waals surface area contributed by atoms with Crippen molar-refractivity contribution in [2.45, 2.75) is 32.7 Å². The predicted molar refractivity (Wildman–Crippen MR) is 83.3 cm³/mol. The molecule has 2 aromatic rings. The molecule has 6 heteroatoms. The molecular weight excluding hydrogens is 280 g/mol. The minimum absolute atomic E-state index is 0.612. The molecule has 0 aliphatic heterocycles. The number of nitrogens with zero attached hydrogens (tertiary/aromatic N) is 4. The summed E-state index contributed by atoms with van der Waals surface area (Å²) in [5.74, 6) is 2.92. The van der Waals surface area contributed by atoms with E-state index in [0.717, 1.165) is 35.6 Å². The Labute approximate surface area is 123 Å². The lowest BCUT2D eigenvalue weighted by molar-refractivity contribution is 0.603. The van der Waals surface area contributed by atoms with E-state index in [0.29, 0.717) is 5.88 Å². The van der Waals surface area contributed by atoms with Gasteiger partial charge >= 0.3 is 0 Å². The molecule has 19 heavy (non-hydrogen) atoms. The van der Waals surface area contributed by atoms with Crippen LogP contribution in [-0.2, 0) is 20.0 Å². The van der Waals surface area contributed by atoms with Crippen LogP contribution in [0.4, 0.5) is 0 Å². The van der Waals surface area contributed by atoms with E-state index in [4.69, 9.17) is 16.6 Å². The molecule has 4 nitrogen and oxygen atoms in total. The Balaban J connectivity index is 2.28. The smallest absolute Gasteiger partial charge is 0.158 e. The van der Waals surface area contributed by atoms with Crippen LogP contribution in [0.3, 0.4) is 0 Å². The molecule has 0 radical (unpaired) electrons. The van der Waals surface area contributed by atoms with Gasteiger partial charge in [0, 0.05) is 25.9 Å². The first kappa shape index (κ1) is 14.7. The molecule has 0 aliphatic carbocycles. The van der Waals surface area contributed by atoms with E-state index in [1.807, 2.05) is 30.4 Å². The summed E-state index contributed by atoms with van der Waals surface area (Å²) in [7, 11) is 1.99. The minimum atomic E-state index is 0.612. The highest BCUT2D eigenvalue weighted by molar-refractivity contribution is 7.98. The van der Waals surface area contributed by atoms with Crippen molar-refractivity contribution in [3.8, 4) is 0 Å². The molecule has 0 N–H and O–H groups in total. The van der Waals surface area contributed by atoms with Crippen LogP contribution < -0.4 is 0 Å². The zero-order valence-electron chi connectivity index (χ0n) is 11.8. The summed E-state index contributed by atoms with van der Waals surface area (Å²) in [6.07, 6.45) is 5.38. The Bertz CT molecular complexity index is 546. The van der Waals surface area contributed by atoms with Crippen molar-refractivity contribution in [2.75, 3.05) is 17.9 Å². The number of rotatable bonds is 7. The number of aryl methyl sites for hydroxylation is 4. The number of aromatic nitrogens is 4. The van der Waals surface area contributed by atoms with Crippen LogP contribution in [0.1, 0.15) is 24.4 Å². The quantitative estimate of drug-likeness (QED) is 0.582. The number of halogens is 1. The van der Waals surface area contributed by atoms with Gasteiger partial charge in [0.1, 0.15) is 11.3 Å². The fraction of sp³-hybridized carbons (Fsp3) is 0.692. The Hall–Kier alpha value is -0.680. The van der Waals surface area contributed by atoms with E-state index < -0.39 is 0 Å². The van der Waals surface area contributed by atoms with E-state index in [1.54, 1.807) is 0 Å². The van der Waals surface area contributed by atoms with Gasteiger partial charge in [-0.15, -0.1) is 11.6 Å². The van der Waals surface area contributed by atoms with Gasteiger partial charge in [-0.2, -0.15) is 16.9 Å². The maximum Gasteiger partial charge on any atom is 0.158 e. The largest absolute Gasteiger partial charge is 0.313 e. The SMILES string of the molecule is CSCCCCn1c(CCCl)nc2c(C)nn(C)c21. The van der Waals surface area contributed by atoms with E-state index in [2.05, 4.69) is 15.9 Å². The highest BCUT2D eigenvalue weighted by Gasteiger charge is 2.16. The first-order valence-electron chi connectivity index (χ1n) is 6.62. The lowest BCUT2D eigenvalue weighted by atomic mass is 10.3. The van der Waals surface area contributed by atoms with Gasteiger partial charge in [-0.25, -0.2) is 4.98 Å². The molecule has 0 bridgehead atoms. The molecule has 0 aromatic carbocycles. The van der Waals surface area contributed by atoms with Crippen LogP contribution >= 0.6 is 23.4 Å². The Morgan fingerprint density at radius 2 is 2.11 bits per heavy atom. The number of thioether (sulfide) groups is 1. The third kappa shape index (κ3) is 3.08. The van der Waals surface area contributed by atoms with Gasteiger partial charge in [-0.05, 0) is 31.8 Å². The second-order valence-corrected chi connectivity index (χ2v) is 6.06. The summed E-state index contributed by atoms with van der Waals surface area (Å²) < 4.78 is 4.22. The standard InChI is InChI=1S/C13H21ClN4S/c1-10-12-13(17(2)16-10)18(8-4-5-9-19-3)11(15-12)6-7-14/h4-9H2,1-3H3. The summed E-state index contributed by atoms with van der Waals surface area (Å²) in [6, 6.07) is 0. The summed E-state index contributed by atoms with van der Waals surface area (Å²) in [5, 5.41) is 4.45. The number of hydrogen-bond acceptors (Lipinski definition) is 3. The zero-order valence-corrected chi connectivity index (χ0v) is 13.4. The molecule has 0 saturated carbocycles. The van der Waals surface area contributed by atoms with Gasteiger partial charge in [0.15, 0.2) is 5.65 Å². The Kier molecular flexibility index (Phi) is 5.16. The molecular formula is C13H21ClN4S. The fourth-order valence-electron chi connectivity index (χ4n) is 2.41. The second-order valence-electron chi connectivity index (χ2n) is 4.70. The number of unbranched alkanes of at least 4 members (excludes halogenated alkanes) is 1. The van der Waals surface area contributed by atoms with Crippen molar-refractivity contribution in [3.05, 3.63) is 11.5 Å². The molecule has 0 saturated heterocycles. The number of imidazole rings is 1. The maximum atomic E-state index is 5.89. The molecule has 0 unspecified atom stereocenters. The topological polar surface area (TPSA) is 35.6 Å². The average Bonchev–Trinajstić information content (AvgIpc) is 2.86. The third-order valence-electron chi connectivity index (χ3n) is 3.27. The molecule has 0 amide bonds. The molecule has 2 rings (SSSR count). The Morgan fingerprint density at radius 1 is 1.32 bits per heavy atom. The molecule has 0 atom stereocenters. The van der Waals surface area contributed by atoms with Crippen molar-refractivity contribution < 1.29 is 0 Å². The van der Waals surface area contributed by atoms with E-state index in [-0.39, 0.29) is 0 Å². The van der Waals surface area contributed by atoms with E-state index in [9.17, 15) is 0 Å². The zero-order chi connectivity index (χ0) is 13.8. The summed E-state index contributed by atoms with van der Waals surface area (Å²) in [4.78, 5) is 4.71. The number of hydrogen-bond donors (Lipinski definition) is 0. The van der Waals surface area contributed by atoms with Crippen LogP contribution in [0.2, 0.25) is 0 Å². The molecule has 2 aromatic heterocycles. The van der Waals surface area contributed by atoms with Gasteiger partial charge in [0.2, 0.25) is 0 Å². The molecule has 106 valence electrons. The second kappa shape index (κ2) is 6.66. The normalized spacial score (nSPS) is 11.6. The van der Waals surface area contributed by atoms with Gasteiger partial charge in [0.25, 0.3) is 0 Å². The van der Waals surface area contributed by atoms with Gasteiger partial charge in [-0.1, -0.05) is 0 Å². The van der Waals surface area contributed by atoms with E-state index >= 15 is 0 Å². The Morgan fingerprint density at radius 3 is 2.79 bits per heavy atom. The van der Waals surface area contributed by atoms with Crippen molar-refractivity contribution in [3.63, 3.8) is 0 Å². The highest BCUT2D eigenvalue weighted by atomic mass is 35.5. The monoisotopic (exact) mass is 300 g/mol. The average molecular weight is 301 g/mol. The first-order chi connectivity index (χ1) is 9.19. The molecule has 0 fully saturated rings. The van der Waals surface area contributed by atoms with Crippen LogP contribution in [0.5, 0.6) is 0 Å². The van der Waals surface area contributed by atoms with Crippen molar-refractivity contribution >= 4 is 34.5 Å². The lowest BCUT2D eigenvalue weighted by Gasteiger charge is -2.08. The van der Waals surface area contributed by atoms with Crippen LogP contribution in [-0.4, -0.2) is 37.2 Å². The third-order valence-corrected chi connectivity index (χ3v) is 4.15. The van der Waals surface area contributed by atoms with Crippen molar-refractivity contribution in [1.29, 1.82) is 0 Å². The minimum Gasteiger partial charge on any atom is -0.313 e.